The van der Waals surface area contributed by atoms with Crippen LogP contribution in [0.1, 0.15) is 79.1 Å². The summed E-state index contributed by atoms with van der Waals surface area (Å²) in [5.41, 5.74) is -0.411. The van der Waals surface area contributed by atoms with Gasteiger partial charge in [0, 0.05) is 12.6 Å². The Labute approximate surface area is 136 Å². The summed E-state index contributed by atoms with van der Waals surface area (Å²) in [6.07, 6.45) is 9.48. The SMILES string of the molecule is CCCCCCCCC(NC1CCNC1)C(=O)OC(C)(C)C. The molecule has 0 saturated carbocycles. The van der Waals surface area contributed by atoms with Gasteiger partial charge in [0.05, 0.1) is 0 Å². The highest BCUT2D eigenvalue weighted by Crippen LogP contribution is 2.14. The van der Waals surface area contributed by atoms with E-state index in [1.54, 1.807) is 0 Å². The third kappa shape index (κ3) is 8.74. The Balaban J connectivity index is 2.37. The molecule has 0 spiro atoms. The molecule has 1 saturated heterocycles. The number of hydrogen-bond donors (Lipinski definition) is 2. The average Bonchev–Trinajstić information content (AvgIpc) is 2.92. The van der Waals surface area contributed by atoms with Crippen molar-refractivity contribution in [3.8, 4) is 0 Å². The van der Waals surface area contributed by atoms with E-state index in [1.807, 2.05) is 20.8 Å². The number of hydrogen-bond acceptors (Lipinski definition) is 4. The van der Waals surface area contributed by atoms with Crippen molar-refractivity contribution in [1.82, 2.24) is 10.6 Å². The van der Waals surface area contributed by atoms with Gasteiger partial charge in [-0.05, 0) is 40.2 Å². The first-order chi connectivity index (χ1) is 10.4. The van der Waals surface area contributed by atoms with E-state index in [0.717, 1.165) is 32.4 Å². The minimum Gasteiger partial charge on any atom is -0.459 e. The van der Waals surface area contributed by atoms with Gasteiger partial charge in [-0.2, -0.15) is 0 Å². The molecule has 1 rings (SSSR count). The third-order valence-corrected chi connectivity index (χ3v) is 4.03. The van der Waals surface area contributed by atoms with E-state index >= 15 is 0 Å². The second kappa shape index (κ2) is 10.2. The number of carbonyl (C=O) groups excluding carboxylic acids is 1. The van der Waals surface area contributed by atoms with Crippen LogP contribution in [-0.4, -0.2) is 36.7 Å². The lowest BCUT2D eigenvalue weighted by Gasteiger charge is -2.26. The molecule has 0 aromatic heterocycles. The molecular weight excluding hydrogens is 276 g/mol. The standard InChI is InChI=1S/C18H36N2O2/c1-5-6-7-8-9-10-11-16(17(21)22-18(2,3)4)20-15-12-13-19-14-15/h15-16,19-20H,5-14H2,1-4H3. The van der Waals surface area contributed by atoms with E-state index in [4.69, 9.17) is 4.74 Å². The van der Waals surface area contributed by atoms with Crippen molar-refractivity contribution in [1.29, 1.82) is 0 Å². The maximum atomic E-state index is 12.4. The Morgan fingerprint density at radius 1 is 1.23 bits per heavy atom. The summed E-state index contributed by atoms with van der Waals surface area (Å²) in [6, 6.07) is 0.243. The molecule has 0 amide bonds. The minimum absolute atomic E-state index is 0.0899. The van der Waals surface area contributed by atoms with E-state index < -0.39 is 5.60 Å². The molecule has 2 unspecified atom stereocenters. The molecule has 22 heavy (non-hydrogen) atoms. The second-order valence-electron chi connectivity index (χ2n) is 7.50. The Morgan fingerprint density at radius 2 is 1.91 bits per heavy atom. The summed E-state index contributed by atoms with van der Waals surface area (Å²) in [7, 11) is 0. The van der Waals surface area contributed by atoms with E-state index in [9.17, 15) is 4.79 Å². The van der Waals surface area contributed by atoms with E-state index in [-0.39, 0.29) is 12.0 Å². The van der Waals surface area contributed by atoms with Crippen LogP contribution in [0, 0.1) is 0 Å². The molecule has 0 aliphatic carbocycles. The fourth-order valence-corrected chi connectivity index (χ4v) is 2.85. The normalized spacial score (nSPS) is 20.1. The second-order valence-corrected chi connectivity index (χ2v) is 7.50. The van der Waals surface area contributed by atoms with Crippen molar-refractivity contribution >= 4 is 5.97 Å². The largest absolute Gasteiger partial charge is 0.459 e. The van der Waals surface area contributed by atoms with Gasteiger partial charge in [-0.25, -0.2) is 0 Å². The van der Waals surface area contributed by atoms with Gasteiger partial charge in [0.2, 0.25) is 0 Å². The first kappa shape index (κ1) is 19.4. The van der Waals surface area contributed by atoms with Crippen molar-refractivity contribution in [2.75, 3.05) is 13.1 Å². The summed E-state index contributed by atoms with van der Waals surface area (Å²) >= 11 is 0. The number of ether oxygens (including phenoxy) is 1. The molecule has 2 atom stereocenters. The average molecular weight is 312 g/mol. The molecule has 2 N–H and O–H groups in total. The fraction of sp³-hybridized carbons (Fsp3) is 0.944. The lowest BCUT2D eigenvalue weighted by molar-refractivity contribution is -0.158. The van der Waals surface area contributed by atoms with E-state index in [2.05, 4.69) is 17.6 Å². The summed E-state index contributed by atoms with van der Waals surface area (Å²) in [5, 5.41) is 6.84. The van der Waals surface area contributed by atoms with Crippen LogP contribution < -0.4 is 10.6 Å². The first-order valence-corrected chi connectivity index (χ1v) is 9.12. The molecule has 0 bridgehead atoms. The molecule has 4 nitrogen and oxygen atoms in total. The van der Waals surface area contributed by atoms with Gasteiger partial charge in [0.25, 0.3) is 0 Å². The minimum atomic E-state index is -0.411. The quantitative estimate of drug-likeness (QED) is 0.479. The predicted molar refractivity (Wildman–Crippen MR) is 92.0 cm³/mol. The van der Waals surface area contributed by atoms with Gasteiger partial charge in [-0.3, -0.25) is 4.79 Å². The summed E-state index contributed by atoms with van der Waals surface area (Å²) in [6.45, 7) is 10.0. The van der Waals surface area contributed by atoms with Gasteiger partial charge in [-0.15, -0.1) is 0 Å². The van der Waals surface area contributed by atoms with Crippen LogP contribution >= 0.6 is 0 Å². The van der Waals surface area contributed by atoms with Gasteiger partial charge in [0.1, 0.15) is 11.6 Å². The van der Waals surface area contributed by atoms with Gasteiger partial charge < -0.3 is 15.4 Å². The lowest BCUT2D eigenvalue weighted by Crippen LogP contribution is -2.46. The summed E-state index contributed by atoms with van der Waals surface area (Å²) < 4.78 is 5.58. The Morgan fingerprint density at radius 3 is 2.50 bits per heavy atom. The van der Waals surface area contributed by atoms with Crippen LogP contribution in [0.15, 0.2) is 0 Å². The number of esters is 1. The molecule has 0 radical (unpaired) electrons. The fourth-order valence-electron chi connectivity index (χ4n) is 2.85. The molecular formula is C18H36N2O2. The van der Waals surface area contributed by atoms with Crippen molar-refractivity contribution < 1.29 is 9.53 Å². The van der Waals surface area contributed by atoms with Gasteiger partial charge in [0.15, 0.2) is 0 Å². The number of nitrogens with one attached hydrogen (secondary N) is 2. The summed E-state index contributed by atoms with van der Waals surface area (Å²) in [4.78, 5) is 12.4. The van der Waals surface area contributed by atoms with Crippen LogP contribution in [0.3, 0.4) is 0 Å². The molecule has 1 heterocycles. The van der Waals surface area contributed by atoms with E-state index in [1.165, 1.54) is 32.1 Å². The number of carbonyl (C=O) groups is 1. The molecule has 0 aromatic carbocycles. The Bertz CT molecular complexity index is 307. The van der Waals surface area contributed by atoms with Crippen LogP contribution in [-0.2, 0) is 9.53 Å². The first-order valence-electron chi connectivity index (χ1n) is 9.12. The highest BCUT2D eigenvalue weighted by Gasteiger charge is 2.27. The zero-order chi connectivity index (χ0) is 16.4. The summed E-state index contributed by atoms with van der Waals surface area (Å²) in [5.74, 6) is -0.0899. The van der Waals surface area contributed by atoms with Crippen LogP contribution in [0.5, 0.6) is 0 Å². The van der Waals surface area contributed by atoms with Gasteiger partial charge >= 0.3 is 5.97 Å². The van der Waals surface area contributed by atoms with Crippen LogP contribution in [0.4, 0.5) is 0 Å². The molecule has 1 fully saturated rings. The van der Waals surface area contributed by atoms with Crippen molar-refractivity contribution in [2.24, 2.45) is 0 Å². The lowest BCUT2D eigenvalue weighted by atomic mass is 10.0. The maximum absolute atomic E-state index is 12.4. The zero-order valence-corrected chi connectivity index (χ0v) is 15.0. The van der Waals surface area contributed by atoms with Crippen molar-refractivity contribution in [3.63, 3.8) is 0 Å². The monoisotopic (exact) mass is 312 g/mol. The maximum Gasteiger partial charge on any atom is 0.323 e. The topological polar surface area (TPSA) is 50.4 Å². The molecule has 4 heteroatoms. The highest BCUT2D eigenvalue weighted by molar-refractivity contribution is 5.76. The van der Waals surface area contributed by atoms with Crippen LogP contribution in [0.25, 0.3) is 0 Å². The molecule has 0 aromatic rings. The number of rotatable bonds is 10. The molecule has 1 aliphatic heterocycles. The van der Waals surface area contributed by atoms with Crippen molar-refractivity contribution in [2.45, 2.75) is 96.7 Å². The molecule has 130 valence electrons. The highest BCUT2D eigenvalue weighted by atomic mass is 16.6. The Kier molecular flexibility index (Phi) is 9.03. The van der Waals surface area contributed by atoms with Gasteiger partial charge in [-0.1, -0.05) is 45.4 Å². The Hall–Kier alpha value is -0.610. The van der Waals surface area contributed by atoms with Crippen LogP contribution in [0.2, 0.25) is 0 Å². The molecule has 1 aliphatic rings. The predicted octanol–water partition coefficient (Wildman–Crippen LogP) is 3.40. The number of unbranched alkanes of at least 4 members (excludes halogenated alkanes) is 5. The zero-order valence-electron chi connectivity index (χ0n) is 15.0. The third-order valence-electron chi connectivity index (χ3n) is 4.03. The van der Waals surface area contributed by atoms with E-state index in [0.29, 0.717) is 6.04 Å². The smallest absolute Gasteiger partial charge is 0.323 e. The van der Waals surface area contributed by atoms with Crippen molar-refractivity contribution in [3.05, 3.63) is 0 Å².